The van der Waals surface area contributed by atoms with Crippen LogP contribution < -0.4 is 4.74 Å². The lowest BCUT2D eigenvalue weighted by Crippen LogP contribution is -2.53. The number of piperazine rings is 1. The van der Waals surface area contributed by atoms with E-state index in [2.05, 4.69) is 21.7 Å². The lowest BCUT2D eigenvalue weighted by atomic mass is 10.1. The number of halogens is 1. The molecule has 0 spiro atoms. The largest absolute Gasteiger partial charge is 0.496 e. The van der Waals surface area contributed by atoms with Crippen LogP contribution in [0.1, 0.15) is 17.3 Å². The molecule has 1 aromatic carbocycles. The van der Waals surface area contributed by atoms with E-state index < -0.39 is 0 Å². The number of aliphatic imine (C=N–C) groups is 2. The number of rotatable bonds is 2. The number of carbonyl (C=O) groups excluding carboxylic acids is 1. The van der Waals surface area contributed by atoms with Crippen molar-refractivity contribution >= 4 is 29.2 Å². The van der Waals surface area contributed by atoms with E-state index >= 15 is 0 Å². The fraction of sp³-hybridized carbons (Fsp3) is 0.421. The van der Waals surface area contributed by atoms with Gasteiger partial charge in [0.25, 0.3) is 5.91 Å². The Bertz CT molecular complexity index is 843. The number of carbonyl (C=O) groups is 1. The number of hydrogen-bond acceptors (Lipinski definition) is 6. The van der Waals surface area contributed by atoms with Crippen molar-refractivity contribution in [1.82, 2.24) is 14.7 Å². The maximum Gasteiger partial charge on any atom is 0.257 e. The average molecular weight is 388 g/mol. The number of methoxy groups -OCH3 is 1. The van der Waals surface area contributed by atoms with Crippen LogP contribution in [0.5, 0.6) is 5.75 Å². The van der Waals surface area contributed by atoms with Gasteiger partial charge in [0.15, 0.2) is 11.7 Å². The van der Waals surface area contributed by atoms with E-state index in [0.29, 0.717) is 42.5 Å². The summed E-state index contributed by atoms with van der Waals surface area (Å²) in [6.45, 7) is 5.63. The van der Waals surface area contributed by atoms with Crippen LogP contribution in [0.4, 0.5) is 0 Å². The van der Waals surface area contributed by atoms with Crippen molar-refractivity contribution < 1.29 is 9.53 Å². The molecular formula is C19H22ClN5O2. The minimum Gasteiger partial charge on any atom is -0.496 e. The molecule has 8 heteroatoms. The van der Waals surface area contributed by atoms with Gasteiger partial charge in [-0.2, -0.15) is 0 Å². The fourth-order valence-electron chi connectivity index (χ4n) is 3.62. The lowest BCUT2D eigenvalue weighted by Gasteiger charge is -2.37. The number of hydrogen-bond donors (Lipinski definition) is 0. The summed E-state index contributed by atoms with van der Waals surface area (Å²) in [7, 11) is 1.56. The maximum absolute atomic E-state index is 12.9. The van der Waals surface area contributed by atoms with Gasteiger partial charge in [-0.1, -0.05) is 11.6 Å². The van der Waals surface area contributed by atoms with Crippen LogP contribution in [-0.2, 0) is 0 Å². The third-order valence-corrected chi connectivity index (χ3v) is 5.21. The van der Waals surface area contributed by atoms with Crippen molar-refractivity contribution in [1.29, 1.82) is 0 Å². The Morgan fingerprint density at radius 3 is 2.74 bits per heavy atom. The molecule has 0 unspecified atom stereocenters. The molecule has 0 bridgehead atoms. The van der Waals surface area contributed by atoms with Gasteiger partial charge in [0.1, 0.15) is 5.75 Å². The molecule has 4 rings (SSSR count). The molecule has 0 aromatic heterocycles. The predicted molar refractivity (Wildman–Crippen MR) is 106 cm³/mol. The molecule has 3 heterocycles. The first-order valence-corrected chi connectivity index (χ1v) is 9.41. The first-order valence-electron chi connectivity index (χ1n) is 9.04. The Hall–Kier alpha value is -2.54. The molecule has 0 radical (unpaired) electrons. The highest BCUT2D eigenvalue weighted by Crippen LogP contribution is 2.25. The number of fused-ring (bicyclic) bond motifs is 1. The minimum absolute atomic E-state index is 0.0621. The first kappa shape index (κ1) is 17.9. The lowest BCUT2D eigenvalue weighted by molar-refractivity contribution is 0.0689. The van der Waals surface area contributed by atoms with Crippen LogP contribution in [0, 0.1) is 0 Å². The zero-order valence-electron chi connectivity index (χ0n) is 15.4. The molecule has 3 aliphatic heterocycles. The summed E-state index contributed by atoms with van der Waals surface area (Å²) in [6.07, 6.45) is 3.79. The molecule has 0 saturated carbocycles. The number of amidine groups is 2. The normalized spacial score (nSPS) is 21.7. The van der Waals surface area contributed by atoms with E-state index in [-0.39, 0.29) is 11.9 Å². The standard InChI is InChI=1S/C19H22ClN5O2/c1-13-12-25-6-5-21-17(18(25)22-13)23-7-9-24(10-8-23)19(26)15-11-14(20)3-4-16(15)27-2/h3-6,11,13H,7-10,12H2,1-2H3/t13-/m1/s1. The first-order chi connectivity index (χ1) is 13.1. The fourth-order valence-corrected chi connectivity index (χ4v) is 3.79. The van der Waals surface area contributed by atoms with Gasteiger partial charge in [0.05, 0.1) is 18.7 Å². The second-order valence-corrected chi connectivity index (χ2v) is 7.27. The average Bonchev–Trinajstić information content (AvgIpc) is 3.07. The topological polar surface area (TPSA) is 60.7 Å². The molecule has 1 fully saturated rings. The van der Waals surface area contributed by atoms with E-state index in [1.807, 2.05) is 17.3 Å². The summed E-state index contributed by atoms with van der Waals surface area (Å²) in [4.78, 5) is 28.4. The Labute approximate surface area is 163 Å². The minimum atomic E-state index is -0.0621. The van der Waals surface area contributed by atoms with Crippen molar-refractivity contribution in [3.8, 4) is 5.75 Å². The number of ether oxygens (including phenoxy) is 1. The molecule has 27 heavy (non-hydrogen) atoms. The summed E-state index contributed by atoms with van der Waals surface area (Å²) >= 11 is 6.07. The highest BCUT2D eigenvalue weighted by atomic mass is 35.5. The molecular weight excluding hydrogens is 366 g/mol. The van der Waals surface area contributed by atoms with Crippen molar-refractivity contribution in [2.24, 2.45) is 9.98 Å². The Morgan fingerprint density at radius 1 is 1.22 bits per heavy atom. The van der Waals surface area contributed by atoms with Crippen LogP contribution in [0.15, 0.2) is 40.6 Å². The van der Waals surface area contributed by atoms with Crippen molar-refractivity contribution in [3.63, 3.8) is 0 Å². The van der Waals surface area contributed by atoms with Gasteiger partial charge in [0, 0.05) is 50.1 Å². The third-order valence-electron chi connectivity index (χ3n) is 4.98. The summed E-state index contributed by atoms with van der Waals surface area (Å²) in [5.41, 5.74) is 0.497. The van der Waals surface area contributed by atoms with Crippen molar-refractivity contribution in [2.45, 2.75) is 13.0 Å². The van der Waals surface area contributed by atoms with Crippen molar-refractivity contribution in [3.05, 3.63) is 41.2 Å². The summed E-state index contributed by atoms with van der Waals surface area (Å²) < 4.78 is 5.32. The van der Waals surface area contributed by atoms with Crippen LogP contribution in [0.3, 0.4) is 0 Å². The molecule has 1 aromatic rings. The Balaban J connectivity index is 1.46. The van der Waals surface area contributed by atoms with Crippen LogP contribution in [0.2, 0.25) is 5.02 Å². The quantitative estimate of drug-likeness (QED) is 0.779. The van der Waals surface area contributed by atoms with E-state index in [4.69, 9.17) is 21.3 Å². The summed E-state index contributed by atoms with van der Waals surface area (Å²) in [6, 6.07) is 5.38. The van der Waals surface area contributed by atoms with E-state index in [1.165, 1.54) is 0 Å². The second kappa shape index (κ2) is 7.23. The van der Waals surface area contributed by atoms with Crippen LogP contribution in [0.25, 0.3) is 0 Å². The zero-order valence-corrected chi connectivity index (χ0v) is 16.2. The molecule has 7 nitrogen and oxygen atoms in total. The SMILES string of the molecule is COc1ccc(Cl)cc1C(=O)N1CCN(C2=NC=CN3C[C@@H](C)N=C23)CC1. The van der Waals surface area contributed by atoms with E-state index in [0.717, 1.165) is 18.2 Å². The second-order valence-electron chi connectivity index (χ2n) is 6.83. The number of amides is 1. The van der Waals surface area contributed by atoms with Gasteiger partial charge < -0.3 is 19.4 Å². The zero-order chi connectivity index (χ0) is 19.0. The summed E-state index contributed by atoms with van der Waals surface area (Å²) in [5, 5.41) is 0.523. The number of benzene rings is 1. The summed E-state index contributed by atoms with van der Waals surface area (Å²) in [5.74, 6) is 2.31. The molecule has 1 amide bonds. The monoisotopic (exact) mass is 387 g/mol. The molecule has 142 valence electrons. The third kappa shape index (κ3) is 3.39. The number of nitrogens with zero attached hydrogens (tertiary/aromatic N) is 5. The van der Waals surface area contributed by atoms with Gasteiger partial charge in [-0.15, -0.1) is 0 Å². The maximum atomic E-state index is 12.9. The Morgan fingerprint density at radius 2 is 2.00 bits per heavy atom. The van der Waals surface area contributed by atoms with Gasteiger partial charge >= 0.3 is 0 Å². The molecule has 0 aliphatic carbocycles. The Kier molecular flexibility index (Phi) is 4.78. The van der Waals surface area contributed by atoms with Gasteiger partial charge in [-0.05, 0) is 25.1 Å². The van der Waals surface area contributed by atoms with Gasteiger partial charge in [-0.3, -0.25) is 9.79 Å². The predicted octanol–water partition coefficient (Wildman–Crippen LogP) is 2.09. The van der Waals surface area contributed by atoms with Gasteiger partial charge in [0.2, 0.25) is 0 Å². The van der Waals surface area contributed by atoms with E-state index in [1.54, 1.807) is 25.3 Å². The molecule has 1 atom stereocenters. The highest BCUT2D eigenvalue weighted by molar-refractivity contribution is 6.41. The van der Waals surface area contributed by atoms with Crippen LogP contribution >= 0.6 is 11.6 Å². The molecule has 0 N–H and O–H groups in total. The molecule has 3 aliphatic rings. The smallest absolute Gasteiger partial charge is 0.257 e. The van der Waals surface area contributed by atoms with Crippen LogP contribution in [-0.4, -0.2) is 78.2 Å². The highest BCUT2D eigenvalue weighted by Gasteiger charge is 2.32. The van der Waals surface area contributed by atoms with Crippen molar-refractivity contribution in [2.75, 3.05) is 39.8 Å². The molecule has 1 saturated heterocycles. The van der Waals surface area contributed by atoms with E-state index in [9.17, 15) is 4.79 Å². The van der Waals surface area contributed by atoms with Gasteiger partial charge in [-0.25, -0.2) is 4.99 Å².